The predicted octanol–water partition coefficient (Wildman–Crippen LogP) is 2.88. The molecule has 0 unspecified atom stereocenters. The molecule has 2 saturated carbocycles. The molecule has 0 aromatic carbocycles. The molecule has 19 heavy (non-hydrogen) atoms. The molecule has 0 N–H and O–H groups in total. The molecule has 0 bridgehead atoms. The van der Waals surface area contributed by atoms with Crippen LogP contribution in [0.2, 0.25) is 0 Å². The number of fused-ring (bicyclic) bond motifs is 1. The lowest BCUT2D eigenvalue weighted by Gasteiger charge is -2.35. The van der Waals surface area contributed by atoms with E-state index in [-0.39, 0.29) is 23.3 Å². The average Bonchev–Trinajstić information content (AvgIpc) is 2.91. The molecule has 3 heteroatoms. The Balaban J connectivity index is 1.80. The van der Waals surface area contributed by atoms with E-state index in [9.17, 15) is 10.1 Å². The van der Waals surface area contributed by atoms with Crippen molar-refractivity contribution in [2.24, 2.45) is 17.3 Å². The molecule has 0 radical (unpaired) electrons. The van der Waals surface area contributed by atoms with Gasteiger partial charge in [-0.25, -0.2) is 0 Å². The van der Waals surface area contributed by atoms with Gasteiger partial charge in [0.05, 0.1) is 6.07 Å². The number of rotatable bonds is 3. The highest BCUT2D eigenvalue weighted by Crippen LogP contribution is 2.51. The SMILES string of the molecule is C=CC1([C@H](C)C(=O)N2[C@H](C#N)C[C@@H]3C[C@@H]32)CCCC1. The number of hydrogen-bond acceptors (Lipinski definition) is 2. The molecule has 0 spiro atoms. The minimum absolute atomic E-state index is 0.0237. The van der Waals surface area contributed by atoms with E-state index < -0.39 is 0 Å². The molecule has 3 nitrogen and oxygen atoms in total. The number of piperidine rings is 1. The van der Waals surface area contributed by atoms with Crippen LogP contribution in [0.1, 0.15) is 45.4 Å². The van der Waals surface area contributed by atoms with Gasteiger partial charge in [0, 0.05) is 12.0 Å². The number of likely N-dealkylation sites (tertiary alicyclic amines) is 1. The van der Waals surface area contributed by atoms with Crippen LogP contribution in [0.5, 0.6) is 0 Å². The largest absolute Gasteiger partial charge is 0.323 e. The summed E-state index contributed by atoms with van der Waals surface area (Å²) in [5, 5.41) is 9.23. The van der Waals surface area contributed by atoms with Crippen molar-refractivity contribution in [3.8, 4) is 6.07 Å². The smallest absolute Gasteiger partial charge is 0.227 e. The van der Waals surface area contributed by atoms with Crippen molar-refractivity contribution in [1.82, 2.24) is 4.90 Å². The lowest BCUT2D eigenvalue weighted by atomic mass is 9.74. The van der Waals surface area contributed by atoms with Crippen LogP contribution < -0.4 is 0 Å². The molecule has 3 aliphatic rings. The quantitative estimate of drug-likeness (QED) is 0.731. The number of nitrogens with zero attached hydrogens (tertiary/aromatic N) is 2. The molecule has 3 rings (SSSR count). The van der Waals surface area contributed by atoms with Gasteiger partial charge in [-0.15, -0.1) is 6.58 Å². The molecule has 1 amide bonds. The van der Waals surface area contributed by atoms with E-state index in [4.69, 9.17) is 0 Å². The Morgan fingerprint density at radius 1 is 1.47 bits per heavy atom. The van der Waals surface area contributed by atoms with Crippen molar-refractivity contribution in [2.45, 2.75) is 57.5 Å². The zero-order valence-electron chi connectivity index (χ0n) is 11.6. The van der Waals surface area contributed by atoms with E-state index in [1.165, 1.54) is 12.8 Å². The molecule has 0 aromatic rings. The van der Waals surface area contributed by atoms with Gasteiger partial charge >= 0.3 is 0 Å². The van der Waals surface area contributed by atoms with Crippen molar-refractivity contribution < 1.29 is 4.79 Å². The van der Waals surface area contributed by atoms with Crippen molar-refractivity contribution in [3.05, 3.63) is 12.7 Å². The molecule has 1 aliphatic heterocycles. The van der Waals surface area contributed by atoms with Crippen LogP contribution in [0.25, 0.3) is 0 Å². The van der Waals surface area contributed by atoms with Gasteiger partial charge in [-0.3, -0.25) is 4.79 Å². The summed E-state index contributed by atoms with van der Waals surface area (Å²) in [5.41, 5.74) is -0.0237. The molecule has 0 aromatic heterocycles. The van der Waals surface area contributed by atoms with E-state index >= 15 is 0 Å². The van der Waals surface area contributed by atoms with Gasteiger partial charge in [0.1, 0.15) is 6.04 Å². The summed E-state index contributed by atoms with van der Waals surface area (Å²) < 4.78 is 0. The van der Waals surface area contributed by atoms with E-state index in [1.54, 1.807) is 0 Å². The van der Waals surface area contributed by atoms with Gasteiger partial charge in [-0.1, -0.05) is 25.8 Å². The third-order valence-corrected chi connectivity index (χ3v) is 5.68. The Kier molecular flexibility index (Phi) is 2.92. The second-order valence-corrected chi connectivity index (χ2v) is 6.56. The zero-order chi connectivity index (χ0) is 13.6. The molecule has 4 atom stereocenters. The summed E-state index contributed by atoms with van der Waals surface area (Å²) in [7, 11) is 0. The molecular formula is C16H22N2O. The molecule has 2 aliphatic carbocycles. The second kappa shape index (κ2) is 4.37. The van der Waals surface area contributed by atoms with Gasteiger partial charge in [0.2, 0.25) is 5.91 Å². The van der Waals surface area contributed by atoms with E-state index in [0.29, 0.717) is 12.0 Å². The Bertz CT molecular complexity index is 444. The van der Waals surface area contributed by atoms with Crippen molar-refractivity contribution >= 4 is 5.91 Å². The van der Waals surface area contributed by atoms with Gasteiger partial charge in [-0.05, 0) is 37.0 Å². The number of amides is 1. The minimum Gasteiger partial charge on any atom is -0.323 e. The van der Waals surface area contributed by atoms with Crippen LogP contribution in [-0.2, 0) is 4.79 Å². The van der Waals surface area contributed by atoms with Crippen LogP contribution >= 0.6 is 0 Å². The molecule has 1 heterocycles. The predicted molar refractivity (Wildman–Crippen MR) is 73.0 cm³/mol. The molecule has 1 saturated heterocycles. The summed E-state index contributed by atoms with van der Waals surface area (Å²) in [6.45, 7) is 6.02. The summed E-state index contributed by atoms with van der Waals surface area (Å²) >= 11 is 0. The lowest BCUT2D eigenvalue weighted by Crippen LogP contribution is -2.45. The Morgan fingerprint density at radius 2 is 2.16 bits per heavy atom. The van der Waals surface area contributed by atoms with E-state index in [0.717, 1.165) is 25.7 Å². The number of allylic oxidation sites excluding steroid dienone is 1. The standard InChI is InChI=1S/C16H22N2O/c1-3-16(6-4-5-7-16)11(2)15(19)18-13(10-17)8-12-9-14(12)18/h3,11-14H,1,4-9H2,2H3/t11-,12-,13+,14+/m1/s1. The summed E-state index contributed by atoms with van der Waals surface area (Å²) in [5.74, 6) is 0.769. The molecule has 3 fully saturated rings. The number of carbonyl (C=O) groups excluding carboxylic acids is 1. The van der Waals surface area contributed by atoms with Crippen LogP contribution in [0.15, 0.2) is 12.7 Å². The lowest BCUT2D eigenvalue weighted by molar-refractivity contribution is -0.139. The van der Waals surface area contributed by atoms with Gasteiger partial charge in [-0.2, -0.15) is 5.26 Å². The number of nitriles is 1. The third kappa shape index (κ3) is 1.81. The summed E-state index contributed by atoms with van der Waals surface area (Å²) in [4.78, 5) is 14.7. The van der Waals surface area contributed by atoms with Crippen molar-refractivity contribution in [3.63, 3.8) is 0 Å². The first kappa shape index (κ1) is 12.7. The first-order chi connectivity index (χ1) is 9.13. The number of carbonyl (C=O) groups is 1. The Morgan fingerprint density at radius 3 is 2.74 bits per heavy atom. The normalized spacial score (nSPS) is 36.4. The van der Waals surface area contributed by atoms with Gasteiger partial charge in [0.25, 0.3) is 0 Å². The van der Waals surface area contributed by atoms with Gasteiger partial charge in [0.15, 0.2) is 0 Å². The van der Waals surface area contributed by atoms with Gasteiger partial charge < -0.3 is 4.90 Å². The van der Waals surface area contributed by atoms with Crippen LogP contribution in [0.3, 0.4) is 0 Å². The van der Waals surface area contributed by atoms with Crippen molar-refractivity contribution in [1.29, 1.82) is 5.26 Å². The monoisotopic (exact) mass is 258 g/mol. The van der Waals surface area contributed by atoms with E-state index in [1.807, 2.05) is 17.9 Å². The summed E-state index contributed by atoms with van der Waals surface area (Å²) in [6.07, 6.45) is 8.53. The Labute approximate surface area is 115 Å². The third-order valence-electron chi connectivity index (χ3n) is 5.68. The highest BCUT2D eigenvalue weighted by molar-refractivity contribution is 5.81. The first-order valence-electron chi connectivity index (χ1n) is 7.48. The highest BCUT2D eigenvalue weighted by atomic mass is 16.2. The zero-order valence-corrected chi connectivity index (χ0v) is 11.6. The Hall–Kier alpha value is -1.30. The molecule has 102 valence electrons. The van der Waals surface area contributed by atoms with Crippen LogP contribution in [-0.4, -0.2) is 22.9 Å². The fraction of sp³-hybridized carbons (Fsp3) is 0.750. The average molecular weight is 258 g/mol. The second-order valence-electron chi connectivity index (χ2n) is 6.56. The van der Waals surface area contributed by atoms with Crippen LogP contribution in [0, 0.1) is 28.6 Å². The van der Waals surface area contributed by atoms with Crippen LogP contribution in [0.4, 0.5) is 0 Å². The summed E-state index contributed by atoms with van der Waals surface area (Å²) in [6, 6.07) is 2.50. The number of hydrogen-bond donors (Lipinski definition) is 0. The maximum atomic E-state index is 12.8. The highest BCUT2D eigenvalue weighted by Gasteiger charge is 2.56. The van der Waals surface area contributed by atoms with Crippen molar-refractivity contribution in [2.75, 3.05) is 0 Å². The fourth-order valence-corrected chi connectivity index (χ4v) is 4.21. The first-order valence-corrected chi connectivity index (χ1v) is 7.48. The van der Waals surface area contributed by atoms with E-state index in [2.05, 4.69) is 12.6 Å². The maximum Gasteiger partial charge on any atom is 0.227 e. The topological polar surface area (TPSA) is 44.1 Å². The maximum absolute atomic E-state index is 12.8. The minimum atomic E-state index is -0.179. The molecular weight excluding hydrogens is 236 g/mol. The fourth-order valence-electron chi connectivity index (χ4n) is 4.21.